The summed E-state index contributed by atoms with van der Waals surface area (Å²) < 4.78 is 1.12. The van der Waals surface area contributed by atoms with Gasteiger partial charge in [0.15, 0.2) is 5.96 Å². The maximum Gasteiger partial charge on any atom is 0.194 e. The third-order valence-electron chi connectivity index (χ3n) is 4.02. The van der Waals surface area contributed by atoms with Crippen molar-refractivity contribution in [2.45, 2.75) is 38.7 Å². The fraction of sp³-hybridized carbons (Fsp3) is 0.588. The van der Waals surface area contributed by atoms with Crippen molar-refractivity contribution in [3.63, 3.8) is 0 Å². The highest BCUT2D eigenvalue weighted by Crippen LogP contribution is 2.30. The van der Waals surface area contributed by atoms with Gasteiger partial charge >= 0.3 is 0 Å². The van der Waals surface area contributed by atoms with Gasteiger partial charge in [0, 0.05) is 29.5 Å². The normalized spacial score (nSPS) is 18.7. The summed E-state index contributed by atoms with van der Waals surface area (Å²) in [6.45, 7) is 9.55. The number of nitrogens with one attached hydrogen (secondary N) is 1. The minimum Gasteiger partial charge on any atom is -0.391 e. The highest BCUT2D eigenvalue weighted by atomic mass is 127. The van der Waals surface area contributed by atoms with Gasteiger partial charge in [0.05, 0.1) is 12.6 Å². The monoisotopic (exact) mass is 495 g/mol. The zero-order chi connectivity index (χ0) is 16.2. The molecule has 2 rings (SSSR count). The molecule has 1 fully saturated rings. The molecule has 0 spiro atoms. The van der Waals surface area contributed by atoms with E-state index in [1.807, 2.05) is 6.07 Å². The first kappa shape index (κ1) is 20.7. The molecule has 1 aliphatic heterocycles. The minimum absolute atomic E-state index is 0. The van der Waals surface area contributed by atoms with Gasteiger partial charge < -0.3 is 15.3 Å². The molecule has 23 heavy (non-hydrogen) atoms. The molecule has 1 aliphatic rings. The first-order valence-corrected chi connectivity index (χ1v) is 8.69. The Morgan fingerprint density at radius 3 is 2.70 bits per heavy atom. The van der Waals surface area contributed by atoms with Crippen molar-refractivity contribution in [3.05, 3.63) is 34.3 Å². The second kappa shape index (κ2) is 9.22. The molecule has 0 saturated carbocycles. The van der Waals surface area contributed by atoms with Crippen molar-refractivity contribution in [3.8, 4) is 0 Å². The first-order chi connectivity index (χ1) is 10.4. The van der Waals surface area contributed by atoms with E-state index in [1.165, 1.54) is 5.56 Å². The number of guanidine groups is 1. The van der Waals surface area contributed by atoms with Crippen molar-refractivity contribution in [1.82, 2.24) is 10.2 Å². The largest absolute Gasteiger partial charge is 0.391 e. The van der Waals surface area contributed by atoms with Gasteiger partial charge in [-0.3, -0.25) is 4.99 Å². The van der Waals surface area contributed by atoms with Gasteiger partial charge in [0.1, 0.15) is 0 Å². The average molecular weight is 496 g/mol. The summed E-state index contributed by atoms with van der Waals surface area (Å²) in [5.74, 6) is 0.902. The average Bonchev–Trinajstić information content (AvgIpc) is 2.90. The zero-order valence-electron chi connectivity index (χ0n) is 14.1. The summed E-state index contributed by atoms with van der Waals surface area (Å²) in [4.78, 5) is 6.96. The van der Waals surface area contributed by atoms with Crippen molar-refractivity contribution in [1.29, 1.82) is 0 Å². The Hall–Kier alpha value is -0.340. The summed E-state index contributed by atoms with van der Waals surface area (Å²) >= 11 is 3.64. The number of aliphatic hydroxyl groups excluding tert-OH is 1. The number of rotatable bonds is 4. The predicted molar refractivity (Wildman–Crippen MR) is 111 cm³/mol. The lowest BCUT2D eigenvalue weighted by Gasteiger charge is -2.27. The van der Waals surface area contributed by atoms with Gasteiger partial charge in [-0.05, 0) is 25.0 Å². The molecule has 0 aromatic heterocycles. The molecule has 0 amide bonds. The lowest BCUT2D eigenvalue weighted by atomic mass is 9.85. The van der Waals surface area contributed by atoms with E-state index >= 15 is 0 Å². The fourth-order valence-corrected chi connectivity index (χ4v) is 3.55. The highest BCUT2D eigenvalue weighted by Gasteiger charge is 2.26. The lowest BCUT2D eigenvalue weighted by molar-refractivity contribution is 0.187. The van der Waals surface area contributed by atoms with Crippen LogP contribution in [0.5, 0.6) is 0 Å². The fourth-order valence-electron chi connectivity index (χ4n) is 2.73. The summed E-state index contributed by atoms with van der Waals surface area (Å²) in [6, 6.07) is 8.31. The standard InChI is InChI=1S/C17H26BrN3O.HI/c1-4-19-16(21-10-9-13(22)11-21)20-12-17(2,3)14-7-5-6-8-15(14)18;/h5-8,13,22H,4,9-12H2,1-3H3,(H,19,20);1H/t13-;/m1./s1. The molecule has 1 aromatic rings. The number of β-amino-alcohol motifs (C(OH)–C–C–N with tert-alkyl or cyclic N) is 1. The molecule has 1 atom stereocenters. The molecular formula is C17H27BrIN3O. The lowest BCUT2D eigenvalue weighted by Crippen LogP contribution is -2.41. The molecule has 2 N–H and O–H groups in total. The summed E-state index contributed by atoms with van der Waals surface area (Å²) in [5, 5.41) is 13.1. The van der Waals surface area contributed by atoms with Crippen molar-refractivity contribution >= 4 is 45.9 Å². The van der Waals surface area contributed by atoms with Crippen LogP contribution in [0.3, 0.4) is 0 Å². The highest BCUT2D eigenvalue weighted by molar-refractivity contribution is 14.0. The molecule has 6 heteroatoms. The number of benzene rings is 1. The van der Waals surface area contributed by atoms with E-state index in [0.29, 0.717) is 13.1 Å². The van der Waals surface area contributed by atoms with E-state index in [9.17, 15) is 5.11 Å². The van der Waals surface area contributed by atoms with Crippen LogP contribution in [0.4, 0.5) is 0 Å². The van der Waals surface area contributed by atoms with E-state index in [1.54, 1.807) is 0 Å². The number of hydrogen-bond donors (Lipinski definition) is 2. The predicted octanol–water partition coefficient (Wildman–Crippen LogP) is 3.38. The van der Waals surface area contributed by atoms with Crippen LogP contribution in [0.15, 0.2) is 33.7 Å². The van der Waals surface area contributed by atoms with Crippen LogP contribution in [-0.4, -0.2) is 48.2 Å². The van der Waals surface area contributed by atoms with Crippen molar-refractivity contribution in [2.75, 3.05) is 26.2 Å². The van der Waals surface area contributed by atoms with Crippen LogP contribution in [0.25, 0.3) is 0 Å². The van der Waals surface area contributed by atoms with Gasteiger partial charge in [0.25, 0.3) is 0 Å². The van der Waals surface area contributed by atoms with E-state index < -0.39 is 0 Å². The Morgan fingerprint density at radius 2 is 2.13 bits per heavy atom. The molecule has 0 radical (unpaired) electrons. The third-order valence-corrected chi connectivity index (χ3v) is 4.72. The van der Waals surface area contributed by atoms with Crippen LogP contribution in [0.2, 0.25) is 0 Å². The smallest absolute Gasteiger partial charge is 0.194 e. The third kappa shape index (κ3) is 5.60. The van der Waals surface area contributed by atoms with Crippen LogP contribution in [0.1, 0.15) is 32.8 Å². The molecular weight excluding hydrogens is 469 g/mol. The zero-order valence-corrected chi connectivity index (χ0v) is 18.0. The minimum atomic E-state index is -0.236. The van der Waals surface area contributed by atoms with E-state index in [2.05, 4.69) is 65.1 Å². The Balaban J connectivity index is 0.00000264. The molecule has 0 unspecified atom stereocenters. The molecule has 1 aromatic carbocycles. The summed E-state index contributed by atoms with van der Waals surface area (Å²) in [7, 11) is 0. The van der Waals surface area contributed by atoms with Crippen LogP contribution in [-0.2, 0) is 5.41 Å². The van der Waals surface area contributed by atoms with E-state index in [-0.39, 0.29) is 35.5 Å². The Labute approximate surface area is 164 Å². The topological polar surface area (TPSA) is 47.9 Å². The summed E-state index contributed by atoms with van der Waals surface area (Å²) in [5.41, 5.74) is 1.20. The number of halogens is 2. The maximum atomic E-state index is 9.73. The van der Waals surface area contributed by atoms with E-state index in [4.69, 9.17) is 4.99 Å². The SMILES string of the molecule is CCNC(=NCC(C)(C)c1ccccc1Br)N1CC[C@@H](O)C1.I. The van der Waals surface area contributed by atoms with Gasteiger partial charge in [-0.1, -0.05) is 48.0 Å². The number of likely N-dealkylation sites (tertiary alicyclic amines) is 1. The van der Waals surface area contributed by atoms with Crippen molar-refractivity contribution in [2.24, 2.45) is 4.99 Å². The molecule has 1 saturated heterocycles. The number of hydrogen-bond acceptors (Lipinski definition) is 2. The first-order valence-electron chi connectivity index (χ1n) is 7.90. The van der Waals surface area contributed by atoms with Crippen LogP contribution in [0, 0.1) is 0 Å². The number of aliphatic hydroxyl groups is 1. The molecule has 4 nitrogen and oxygen atoms in total. The molecule has 130 valence electrons. The van der Waals surface area contributed by atoms with Gasteiger partial charge in [-0.15, -0.1) is 24.0 Å². The van der Waals surface area contributed by atoms with Gasteiger partial charge in [-0.25, -0.2) is 0 Å². The second-order valence-corrected chi connectivity index (χ2v) is 7.28. The van der Waals surface area contributed by atoms with Gasteiger partial charge in [0.2, 0.25) is 0 Å². The van der Waals surface area contributed by atoms with E-state index in [0.717, 1.165) is 29.9 Å². The van der Waals surface area contributed by atoms with Crippen LogP contribution >= 0.6 is 39.9 Å². The van der Waals surface area contributed by atoms with Gasteiger partial charge in [-0.2, -0.15) is 0 Å². The maximum absolute atomic E-state index is 9.73. The number of nitrogens with zero attached hydrogens (tertiary/aromatic N) is 2. The Kier molecular flexibility index (Phi) is 8.30. The molecule has 0 bridgehead atoms. The Morgan fingerprint density at radius 1 is 1.43 bits per heavy atom. The molecule has 0 aliphatic carbocycles. The molecule has 1 heterocycles. The number of aliphatic imine (C=N–C) groups is 1. The van der Waals surface area contributed by atoms with Crippen LogP contribution < -0.4 is 5.32 Å². The summed E-state index contributed by atoms with van der Waals surface area (Å²) in [6.07, 6.45) is 0.582. The quantitative estimate of drug-likeness (QED) is 0.382. The van der Waals surface area contributed by atoms with Crippen molar-refractivity contribution < 1.29 is 5.11 Å². The Bertz CT molecular complexity index is 536. The second-order valence-electron chi connectivity index (χ2n) is 6.42.